The maximum Gasteiger partial charge on any atom is 0.305 e. The number of carboxylic acid groups (broad SMARTS) is 1. The zero-order chi connectivity index (χ0) is 16.0. The second-order valence-corrected chi connectivity index (χ2v) is 6.06. The van der Waals surface area contributed by atoms with Gasteiger partial charge in [-0.1, -0.05) is 49.2 Å². The zero-order valence-corrected chi connectivity index (χ0v) is 12.8. The fourth-order valence-electron chi connectivity index (χ4n) is 3.27. The minimum atomic E-state index is -0.856. The van der Waals surface area contributed by atoms with Crippen LogP contribution in [0.4, 0.5) is 0 Å². The first-order valence-corrected chi connectivity index (χ1v) is 7.75. The summed E-state index contributed by atoms with van der Waals surface area (Å²) >= 11 is 0. The second kappa shape index (κ2) is 7.25. The lowest BCUT2D eigenvalue weighted by Crippen LogP contribution is -2.48. The third-order valence-corrected chi connectivity index (χ3v) is 4.37. The molecule has 1 fully saturated rings. The average molecular weight is 301 g/mol. The van der Waals surface area contributed by atoms with Crippen molar-refractivity contribution in [1.82, 2.24) is 5.32 Å². The lowest BCUT2D eigenvalue weighted by Gasteiger charge is -2.29. The van der Waals surface area contributed by atoms with E-state index < -0.39 is 11.5 Å². The summed E-state index contributed by atoms with van der Waals surface area (Å²) in [5.41, 5.74) is 0.483. The van der Waals surface area contributed by atoms with Crippen molar-refractivity contribution in [1.29, 1.82) is 0 Å². The highest BCUT2D eigenvalue weighted by Crippen LogP contribution is 2.33. The molecule has 1 aromatic carbocycles. The van der Waals surface area contributed by atoms with Crippen molar-refractivity contribution < 1.29 is 14.7 Å². The predicted octanol–water partition coefficient (Wildman–Crippen LogP) is 3.25. The minimum absolute atomic E-state index is 0.00281. The van der Waals surface area contributed by atoms with Crippen LogP contribution in [0.3, 0.4) is 0 Å². The summed E-state index contributed by atoms with van der Waals surface area (Å²) in [6, 6.07) is 9.76. The van der Waals surface area contributed by atoms with E-state index >= 15 is 0 Å². The topological polar surface area (TPSA) is 66.4 Å². The van der Waals surface area contributed by atoms with Crippen molar-refractivity contribution in [2.24, 2.45) is 0 Å². The highest BCUT2D eigenvalue weighted by molar-refractivity contribution is 5.79. The van der Waals surface area contributed by atoms with Gasteiger partial charge in [-0.2, -0.15) is 0 Å². The van der Waals surface area contributed by atoms with E-state index in [1.165, 1.54) is 0 Å². The van der Waals surface area contributed by atoms with E-state index in [0.717, 1.165) is 31.2 Å². The molecular formula is C18H23NO3. The van der Waals surface area contributed by atoms with Gasteiger partial charge in [0, 0.05) is 12.3 Å². The van der Waals surface area contributed by atoms with Crippen LogP contribution in [0.1, 0.15) is 50.0 Å². The maximum atomic E-state index is 12.4. The first-order valence-electron chi connectivity index (χ1n) is 7.75. The van der Waals surface area contributed by atoms with Gasteiger partial charge in [0.05, 0.1) is 12.0 Å². The molecule has 1 amide bonds. The Morgan fingerprint density at radius 3 is 2.45 bits per heavy atom. The van der Waals surface area contributed by atoms with Gasteiger partial charge in [-0.3, -0.25) is 9.59 Å². The largest absolute Gasteiger partial charge is 0.481 e. The van der Waals surface area contributed by atoms with Gasteiger partial charge in [0.2, 0.25) is 5.91 Å². The molecule has 0 saturated heterocycles. The van der Waals surface area contributed by atoms with Crippen LogP contribution in [0, 0.1) is 0 Å². The Morgan fingerprint density at radius 2 is 1.91 bits per heavy atom. The monoisotopic (exact) mass is 301 g/mol. The van der Waals surface area contributed by atoms with Crippen LogP contribution in [0.15, 0.2) is 43.0 Å². The number of carbonyl (C=O) groups is 2. The Hall–Kier alpha value is -2.10. The molecule has 118 valence electrons. The fraction of sp³-hybridized carbons (Fsp3) is 0.444. The highest BCUT2D eigenvalue weighted by atomic mass is 16.4. The molecular weight excluding hydrogens is 278 g/mol. The number of rotatable bonds is 7. The summed E-state index contributed by atoms with van der Waals surface area (Å²) in [4.78, 5) is 23.5. The molecule has 1 aliphatic carbocycles. The minimum Gasteiger partial charge on any atom is -0.481 e. The third-order valence-electron chi connectivity index (χ3n) is 4.37. The first-order chi connectivity index (χ1) is 10.5. The molecule has 22 heavy (non-hydrogen) atoms. The van der Waals surface area contributed by atoms with Gasteiger partial charge < -0.3 is 10.4 Å². The predicted molar refractivity (Wildman–Crippen MR) is 85.6 cm³/mol. The van der Waals surface area contributed by atoms with Crippen molar-refractivity contribution in [2.75, 3.05) is 0 Å². The summed E-state index contributed by atoms with van der Waals surface area (Å²) in [6.07, 6.45) is 5.50. The van der Waals surface area contributed by atoms with Crippen LogP contribution in [0.2, 0.25) is 0 Å². The Kier molecular flexibility index (Phi) is 5.36. The molecule has 4 nitrogen and oxygen atoms in total. The molecule has 1 saturated carbocycles. The first kappa shape index (κ1) is 16.3. The molecule has 1 aliphatic rings. The van der Waals surface area contributed by atoms with E-state index in [0.29, 0.717) is 6.42 Å². The lowest BCUT2D eigenvalue weighted by molar-refractivity contribution is -0.139. The number of aliphatic carboxylic acids is 1. The molecule has 1 aromatic rings. The Balaban J connectivity index is 2.01. The quantitative estimate of drug-likeness (QED) is 0.760. The third kappa shape index (κ3) is 4.20. The summed E-state index contributed by atoms with van der Waals surface area (Å²) in [6.45, 7) is 3.81. The Bertz CT molecular complexity index is 533. The molecule has 4 heteroatoms. The number of allylic oxidation sites excluding steroid dienone is 1. The van der Waals surface area contributed by atoms with E-state index in [1.54, 1.807) is 6.08 Å². The Labute approximate surface area is 131 Å². The van der Waals surface area contributed by atoms with E-state index in [1.807, 2.05) is 30.3 Å². The molecule has 0 heterocycles. The van der Waals surface area contributed by atoms with Gasteiger partial charge in [-0.15, -0.1) is 6.58 Å². The van der Waals surface area contributed by atoms with E-state index in [4.69, 9.17) is 5.11 Å². The van der Waals surface area contributed by atoms with E-state index in [9.17, 15) is 9.59 Å². The smallest absolute Gasteiger partial charge is 0.305 e. The van der Waals surface area contributed by atoms with Crippen LogP contribution in [-0.4, -0.2) is 22.5 Å². The van der Waals surface area contributed by atoms with Crippen LogP contribution in [0.5, 0.6) is 0 Å². The summed E-state index contributed by atoms with van der Waals surface area (Å²) < 4.78 is 0. The van der Waals surface area contributed by atoms with Crippen LogP contribution >= 0.6 is 0 Å². The fourth-order valence-corrected chi connectivity index (χ4v) is 3.27. The van der Waals surface area contributed by atoms with Crippen molar-refractivity contribution in [2.45, 2.75) is 50.0 Å². The highest BCUT2D eigenvalue weighted by Gasteiger charge is 2.37. The van der Waals surface area contributed by atoms with Crippen LogP contribution in [-0.2, 0) is 9.59 Å². The summed E-state index contributed by atoms with van der Waals surface area (Å²) in [7, 11) is 0. The van der Waals surface area contributed by atoms with Crippen molar-refractivity contribution in [3.05, 3.63) is 48.6 Å². The molecule has 2 rings (SSSR count). The van der Waals surface area contributed by atoms with Crippen molar-refractivity contribution >= 4 is 11.9 Å². The normalized spacial score (nSPS) is 17.6. The molecule has 1 unspecified atom stereocenters. The van der Waals surface area contributed by atoms with E-state index in [-0.39, 0.29) is 18.2 Å². The number of hydrogen-bond acceptors (Lipinski definition) is 2. The molecule has 0 spiro atoms. The summed E-state index contributed by atoms with van der Waals surface area (Å²) in [5.74, 6) is -1.01. The molecule has 0 bridgehead atoms. The van der Waals surface area contributed by atoms with Crippen LogP contribution < -0.4 is 5.32 Å². The second-order valence-electron chi connectivity index (χ2n) is 6.06. The van der Waals surface area contributed by atoms with Crippen molar-refractivity contribution in [3.8, 4) is 0 Å². The van der Waals surface area contributed by atoms with E-state index in [2.05, 4.69) is 11.9 Å². The molecule has 0 aromatic heterocycles. The van der Waals surface area contributed by atoms with Crippen molar-refractivity contribution in [3.63, 3.8) is 0 Å². The number of carbonyl (C=O) groups excluding carboxylic acids is 1. The summed E-state index contributed by atoms with van der Waals surface area (Å²) in [5, 5.41) is 12.1. The molecule has 0 radical (unpaired) electrons. The molecule has 0 aliphatic heterocycles. The van der Waals surface area contributed by atoms with Gasteiger partial charge in [0.1, 0.15) is 0 Å². The number of amides is 1. The maximum absolute atomic E-state index is 12.4. The molecule has 1 atom stereocenters. The van der Waals surface area contributed by atoms with Gasteiger partial charge >= 0.3 is 5.97 Å². The van der Waals surface area contributed by atoms with Gasteiger partial charge in [-0.25, -0.2) is 0 Å². The van der Waals surface area contributed by atoms with Gasteiger partial charge in [-0.05, 0) is 18.4 Å². The lowest BCUT2D eigenvalue weighted by atomic mass is 9.91. The standard InChI is InChI=1S/C18H23NO3/c1-2-14(15-8-4-3-5-9-15)12-16(20)19-18(13-17(21)22)10-6-7-11-18/h2-5,8-9,14H,1,6-7,10-13H2,(H,19,20)(H,21,22). The number of carboxylic acids is 1. The number of hydrogen-bond donors (Lipinski definition) is 2. The van der Waals surface area contributed by atoms with Gasteiger partial charge in [0.15, 0.2) is 0 Å². The van der Waals surface area contributed by atoms with Crippen LogP contribution in [0.25, 0.3) is 0 Å². The molecule has 2 N–H and O–H groups in total. The van der Waals surface area contributed by atoms with Gasteiger partial charge in [0.25, 0.3) is 0 Å². The zero-order valence-electron chi connectivity index (χ0n) is 12.8. The Morgan fingerprint density at radius 1 is 1.27 bits per heavy atom. The number of nitrogens with one attached hydrogen (secondary N) is 1. The average Bonchev–Trinajstić information content (AvgIpc) is 2.92. The number of benzene rings is 1. The SMILES string of the molecule is C=CC(CC(=O)NC1(CC(=O)O)CCCC1)c1ccccc1.